The maximum Gasteiger partial charge on any atom is 0.287 e. The molecule has 5 heteroatoms. The van der Waals surface area contributed by atoms with Crippen LogP contribution in [0.3, 0.4) is 0 Å². The number of phenols is 1. The predicted molar refractivity (Wildman–Crippen MR) is 115 cm³/mol. The first-order chi connectivity index (χ1) is 13.0. The lowest BCUT2D eigenvalue weighted by atomic mass is 9.78. The van der Waals surface area contributed by atoms with Gasteiger partial charge in [-0.3, -0.25) is 0 Å². The van der Waals surface area contributed by atoms with Gasteiger partial charge in [-0.05, 0) is 64.0 Å². The van der Waals surface area contributed by atoms with E-state index in [0.29, 0.717) is 23.0 Å². The average molecular weight is 397 g/mol. The number of phenolic OH excluding ortho intramolecular Hbond substituents is 1. The molecule has 0 spiro atoms. The monoisotopic (exact) mass is 396 g/mol. The van der Waals surface area contributed by atoms with Crippen LogP contribution >= 0.6 is 12.2 Å². The molecule has 0 saturated heterocycles. The summed E-state index contributed by atoms with van der Waals surface area (Å²) in [5.41, 5.74) is 3.42. The van der Waals surface area contributed by atoms with Crippen LogP contribution in [0.25, 0.3) is 11.5 Å². The van der Waals surface area contributed by atoms with E-state index in [1.165, 1.54) is 0 Å². The van der Waals surface area contributed by atoms with Crippen molar-refractivity contribution in [2.75, 3.05) is 0 Å². The molecule has 3 rings (SSSR count). The van der Waals surface area contributed by atoms with Gasteiger partial charge >= 0.3 is 0 Å². The first kappa shape index (κ1) is 20.3. The Labute approximate surface area is 171 Å². The molecule has 0 saturated carbocycles. The molecule has 0 aliphatic rings. The van der Waals surface area contributed by atoms with Gasteiger partial charge in [0.2, 0.25) is 5.89 Å². The maximum atomic E-state index is 10.9. The normalized spacial score (nSPS) is 12.4. The molecule has 0 radical (unpaired) electrons. The third kappa shape index (κ3) is 4.20. The molecule has 0 aliphatic heterocycles. The predicted octanol–water partition coefficient (Wildman–Crippen LogP) is 6.22. The van der Waals surface area contributed by atoms with Crippen LogP contribution < -0.4 is 0 Å². The number of aromatic hydroxyl groups is 1. The van der Waals surface area contributed by atoms with E-state index >= 15 is 0 Å². The van der Waals surface area contributed by atoms with Crippen molar-refractivity contribution in [3.63, 3.8) is 0 Å². The summed E-state index contributed by atoms with van der Waals surface area (Å²) in [5, 5.41) is 15.5. The third-order valence-corrected chi connectivity index (χ3v) is 5.04. The van der Waals surface area contributed by atoms with Crippen molar-refractivity contribution in [3.05, 3.63) is 64.0 Å². The lowest BCUT2D eigenvalue weighted by Crippen LogP contribution is -2.18. The fourth-order valence-corrected chi connectivity index (χ4v) is 3.39. The summed E-state index contributed by atoms with van der Waals surface area (Å²) in [7, 11) is 0. The highest BCUT2D eigenvalue weighted by Crippen LogP contribution is 2.40. The van der Waals surface area contributed by atoms with Crippen LogP contribution in [-0.2, 0) is 17.4 Å². The summed E-state index contributed by atoms with van der Waals surface area (Å²) in [6.45, 7) is 13.1. The number of hydrogen-bond acceptors (Lipinski definition) is 4. The zero-order valence-corrected chi connectivity index (χ0v) is 18.2. The molecule has 0 fully saturated rings. The lowest BCUT2D eigenvalue weighted by Gasteiger charge is -2.28. The second-order valence-electron chi connectivity index (χ2n) is 9.24. The molecule has 1 N–H and O–H groups in total. The van der Waals surface area contributed by atoms with E-state index in [4.69, 9.17) is 16.6 Å². The highest BCUT2D eigenvalue weighted by Gasteiger charge is 2.26. The first-order valence-corrected chi connectivity index (χ1v) is 9.88. The topological polar surface area (TPSA) is 51.2 Å². The summed E-state index contributed by atoms with van der Waals surface area (Å²) in [6, 6.07) is 13.8. The second-order valence-corrected chi connectivity index (χ2v) is 9.59. The van der Waals surface area contributed by atoms with Crippen LogP contribution in [0.2, 0.25) is 0 Å². The summed E-state index contributed by atoms with van der Waals surface area (Å²) in [4.78, 5) is 0.335. The van der Waals surface area contributed by atoms with E-state index in [1.54, 1.807) is 4.68 Å². The van der Waals surface area contributed by atoms with Crippen molar-refractivity contribution in [1.29, 1.82) is 0 Å². The molecule has 2 aromatic carbocycles. The molecule has 3 aromatic rings. The minimum absolute atomic E-state index is 0.180. The summed E-state index contributed by atoms with van der Waals surface area (Å²) in [6.07, 6.45) is 0. The summed E-state index contributed by atoms with van der Waals surface area (Å²) in [5.74, 6) is 0.883. The number of aromatic nitrogens is 2. The van der Waals surface area contributed by atoms with Crippen LogP contribution in [-0.4, -0.2) is 14.9 Å². The molecule has 0 aliphatic carbocycles. The average Bonchev–Trinajstić information content (AvgIpc) is 2.96. The zero-order valence-electron chi connectivity index (χ0n) is 17.4. The SMILES string of the molecule is CC(C)(C)c1cc(Cn2nc(-c3ccccc3)oc2=S)cc(C(C)(C)C)c1O. The van der Waals surface area contributed by atoms with Gasteiger partial charge in [-0.25, -0.2) is 4.68 Å². The quantitative estimate of drug-likeness (QED) is 0.534. The van der Waals surface area contributed by atoms with Gasteiger partial charge < -0.3 is 9.52 Å². The molecule has 1 heterocycles. The van der Waals surface area contributed by atoms with Crippen LogP contribution in [0.4, 0.5) is 0 Å². The molecular weight excluding hydrogens is 368 g/mol. The van der Waals surface area contributed by atoms with Gasteiger partial charge in [0.25, 0.3) is 4.84 Å². The van der Waals surface area contributed by atoms with Crippen molar-refractivity contribution in [2.45, 2.75) is 58.9 Å². The van der Waals surface area contributed by atoms with Gasteiger partial charge in [-0.2, -0.15) is 0 Å². The fourth-order valence-electron chi connectivity index (χ4n) is 3.21. The highest BCUT2D eigenvalue weighted by molar-refractivity contribution is 7.71. The van der Waals surface area contributed by atoms with E-state index < -0.39 is 0 Å². The van der Waals surface area contributed by atoms with E-state index in [0.717, 1.165) is 22.3 Å². The van der Waals surface area contributed by atoms with E-state index in [9.17, 15) is 5.11 Å². The minimum Gasteiger partial charge on any atom is -0.507 e. The molecule has 0 unspecified atom stereocenters. The van der Waals surface area contributed by atoms with Gasteiger partial charge in [0.15, 0.2) is 0 Å². The smallest absolute Gasteiger partial charge is 0.287 e. The molecule has 148 valence electrons. The molecule has 0 atom stereocenters. The van der Waals surface area contributed by atoms with Gasteiger partial charge in [-0.15, -0.1) is 5.10 Å². The Morgan fingerprint density at radius 1 is 0.964 bits per heavy atom. The first-order valence-electron chi connectivity index (χ1n) is 9.47. The number of benzene rings is 2. The Hall–Kier alpha value is -2.40. The largest absolute Gasteiger partial charge is 0.507 e. The van der Waals surface area contributed by atoms with E-state index in [2.05, 4.69) is 46.6 Å². The lowest BCUT2D eigenvalue weighted by molar-refractivity contribution is 0.422. The summed E-state index contributed by atoms with van der Waals surface area (Å²) >= 11 is 5.39. The van der Waals surface area contributed by atoms with Crippen LogP contribution in [0.5, 0.6) is 5.75 Å². The maximum absolute atomic E-state index is 10.9. The van der Waals surface area contributed by atoms with Crippen LogP contribution in [0.1, 0.15) is 58.2 Å². The minimum atomic E-state index is -0.180. The van der Waals surface area contributed by atoms with Gasteiger partial charge in [0.1, 0.15) is 5.75 Å². The third-order valence-electron chi connectivity index (χ3n) is 4.75. The molecule has 4 nitrogen and oxygen atoms in total. The Morgan fingerprint density at radius 3 is 2.00 bits per heavy atom. The van der Waals surface area contributed by atoms with Crippen LogP contribution in [0.15, 0.2) is 46.9 Å². The highest BCUT2D eigenvalue weighted by atomic mass is 32.1. The number of nitrogens with zero attached hydrogens (tertiary/aromatic N) is 2. The van der Waals surface area contributed by atoms with Gasteiger partial charge in [-0.1, -0.05) is 59.7 Å². The molecule has 28 heavy (non-hydrogen) atoms. The molecule has 0 bridgehead atoms. The molecule has 0 amide bonds. The van der Waals surface area contributed by atoms with Crippen molar-refractivity contribution >= 4 is 12.2 Å². The van der Waals surface area contributed by atoms with E-state index in [-0.39, 0.29) is 10.8 Å². The number of hydrogen-bond donors (Lipinski definition) is 1. The Kier molecular flexibility index (Phi) is 5.24. The zero-order chi connectivity index (χ0) is 20.7. The Balaban J connectivity index is 2.06. The van der Waals surface area contributed by atoms with Crippen molar-refractivity contribution < 1.29 is 9.52 Å². The van der Waals surface area contributed by atoms with Crippen LogP contribution in [0, 0.1) is 4.84 Å². The van der Waals surface area contributed by atoms with Gasteiger partial charge in [0.05, 0.1) is 6.54 Å². The van der Waals surface area contributed by atoms with Crippen molar-refractivity contribution in [3.8, 4) is 17.2 Å². The van der Waals surface area contributed by atoms with Crippen molar-refractivity contribution in [1.82, 2.24) is 9.78 Å². The summed E-state index contributed by atoms with van der Waals surface area (Å²) < 4.78 is 7.41. The molecular formula is C23H28N2O2S. The standard InChI is InChI=1S/C23H28N2O2S/c1-22(2,3)17-12-15(13-18(19(17)26)23(4,5)6)14-25-21(28)27-20(24-25)16-10-8-7-9-11-16/h7-13,26H,14H2,1-6H3. The van der Waals surface area contributed by atoms with Gasteiger partial charge in [0, 0.05) is 5.56 Å². The Bertz CT molecular complexity index is 1000. The molecule has 1 aromatic heterocycles. The fraction of sp³-hybridized carbons (Fsp3) is 0.391. The Morgan fingerprint density at radius 2 is 1.50 bits per heavy atom. The van der Waals surface area contributed by atoms with E-state index in [1.807, 2.05) is 42.5 Å². The number of rotatable bonds is 3. The second kappa shape index (κ2) is 7.21. The van der Waals surface area contributed by atoms with Crippen molar-refractivity contribution in [2.24, 2.45) is 0 Å².